The first-order valence-corrected chi connectivity index (χ1v) is 9.59. The third kappa shape index (κ3) is 3.80. The molecule has 0 fully saturated rings. The standard InChI is InChI=1S/C24H23Cl/c25-23-14-12-20(13-15-23)24(16-18-6-2-1-3-7-18)22-11-10-19-8-4-5-9-21(19)17-22/h4-6,8-15,17,24H,1-3,7,16H2. The van der Waals surface area contributed by atoms with E-state index in [1.165, 1.54) is 47.6 Å². The summed E-state index contributed by atoms with van der Waals surface area (Å²) in [4.78, 5) is 0. The van der Waals surface area contributed by atoms with Crippen LogP contribution in [0.4, 0.5) is 0 Å². The van der Waals surface area contributed by atoms with E-state index in [-0.39, 0.29) is 0 Å². The fourth-order valence-electron chi connectivity index (χ4n) is 3.90. The van der Waals surface area contributed by atoms with Gasteiger partial charge in [-0.3, -0.25) is 0 Å². The quantitative estimate of drug-likeness (QED) is 0.428. The summed E-state index contributed by atoms with van der Waals surface area (Å²) >= 11 is 6.12. The number of allylic oxidation sites excluding steroid dienone is 2. The maximum atomic E-state index is 6.12. The Labute approximate surface area is 155 Å². The summed E-state index contributed by atoms with van der Waals surface area (Å²) < 4.78 is 0. The minimum Gasteiger partial charge on any atom is -0.0853 e. The summed E-state index contributed by atoms with van der Waals surface area (Å²) in [6.07, 6.45) is 8.73. The first kappa shape index (κ1) is 16.4. The third-order valence-corrected chi connectivity index (χ3v) is 5.55. The van der Waals surface area contributed by atoms with Crippen LogP contribution >= 0.6 is 11.6 Å². The molecule has 0 aliphatic heterocycles. The molecule has 0 nitrogen and oxygen atoms in total. The van der Waals surface area contributed by atoms with Gasteiger partial charge < -0.3 is 0 Å². The van der Waals surface area contributed by atoms with Crippen molar-refractivity contribution in [1.29, 1.82) is 0 Å². The van der Waals surface area contributed by atoms with Gasteiger partial charge in [0, 0.05) is 10.9 Å². The number of hydrogen-bond donors (Lipinski definition) is 0. The van der Waals surface area contributed by atoms with E-state index in [2.05, 4.69) is 60.7 Å². The summed E-state index contributed by atoms with van der Waals surface area (Å²) in [5.41, 5.74) is 4.36. The molecule has 3 aromatic rings. The van der Waals surface area contributed by atoms with Crippen LogP contribution in [0, 0.1) is 0 Å². The van der Waals surface area contributed by atoms with Crippen molar-refractivity contribution in [3.05, 3.63) is 94.5 Å². The molecule has 0 saturated heterocycles. The number of halogens is 1. The van der Waals surface area contributed by atoms with Crippen LogP contribution in [0.15, 0.2) is 78.4 Å². The molecule has 0 bridgehead atoms. The lowest BCUT2D eigenvalue weighted by atomic mass is 9.82. The fourth-order valence-corrected chi connectivity index (χ4v) is 4.03. The zero-order valence-corrected chi connectivity index (χ0v) is 15.2. The van der Waals surface area contributed by atoms with E-state index in [0.29, 0.717) is 5.92 Å². The van der Waals surface area contributed by atoms with Crippen LogP contribution < -0.4 is 0 Å². The second-order valence-electron chi connectivity index (χ2n) is 7.02. The Bertz CT molecular complexity index is 889. The molecule has 1 atom stereocenters. The molecular formula is C24H23Cl. The minimum atomic E-state index is 0.395. The summed E-state index contributed by atoms with van der Waals surface area (Å²) in [5.74, 6) is 0.395. The molecule has 0 amide bonds. The summed E-state index contributed by atoms with van der Waals surface area (Å²) in [6, 6.07) is 23.9. The predicted molar refractivity (Wildman–Crippen MR) is 108 cm³/mol. The molecule has 3 aromatic carbocycles. The molecule has 0 saturated carbocycles. The zero-order valence-electron chi connectivity index (χ0n) is 14.4. The molecule has 0 N–H and O–H groups in total. The molecule has 0 aromatic heterocycles. The van der Waals surface area contributed by atoms with Gasteiger partial charge in [0.25, 0.3) is 0 Å². The maximum Gasteiger partial charge on any atom is 0.0406 e. The van der Waals surface area contributed by atoms with Crippen molar-refractivity contribution < 1.29 is 0 Å². The molecule has 1 heteroatoms. The van der Waals surface area contributed by atoms with Crippen LogP contribution in [0.2, 0.25) is 5.02 Å². The Morgan fingerprint density at radius 1 is 0.800 bits per heavy atom. The van der Waals surface area contributed by atoms with E-state index in [4.69, 9.17) is 11.6 Å². The van der Waals surface area contributed by atoms with Gasteiger partial charge in [-0.05, 0) is 66.1 Å². The van der Waals surface area contributed by atoms with Gasteiger partial charge in [0.15, 0.2) is 0 Å². The van der Waals surface area contributed by atoms with Gasteiger partial charge in [-0.15, -0.1) is 0 Å². The summed E-state index contributed by atoms with van der Waals surface area (Å²) in [6.45, 7) is 0. The van der Waals surface area contributed by atoms with Crippen molar-refractivity contribution in [3.8, 4) is 0 Å². The monoisotopic (exact) mass is 346 g/mol. The van der Waals surface area contributed by atoms with Crippen LogP contribution in [0.3, 0.4) is 0 Å². The van der Waals surface area contributed by atoms with Gasteiger partial charge in [-0.2, -0.15) is 0 Å². The Kier molecular flexibility index (Phi) is 4.90. The third-order valence-electron chi connectivity index (χ3n) is 5.30. The first-order valence-electron chi connectivity index (χ1n) is 9.22. The number of hydrogen-bond acceptors (Lipinski definition) is 0. The fraction of sp³-hybridized carbons (Fsp3) is 0.250. The molecule has 4 rings (SSSR count). The van der Waals surface area contributed by atoms with Crippen LogP contribution in [-0.2, 0) is 0 Å². The van der Waals surface area contributed by atoms with Crippen molar-refractivity contribution in [1.82, 2.24) is 0 Å². The molecule has 126 valence electrons. The van der Waals surface area contributed by atoms with Crippen molar-refractivity contribution >= 4 is 22.4 Å². The van der Waals surface area contributed by atoms with Crippen LogP contribution in [0.25, 0.3) is 10.8 Å². The molecule has 0 spiro atoms. The normalized spacial score (nSPS) is 15.8. The second kappa shape index (κ2) is 7.45. The van der Waals surface area contributed by atoms with E-state index in [1.54, 1.807) is 5.57 Å². The largest absolute Gasteiger partial charge is 0.0853 e. The van der Waals surface area contributed by atoms with Crippen molar-refractivity contribution in [3.63, 3.8) is 0 Å². The molecule has 1 aliphatic carbocycles. The maximum absolute atomic E-state index is 6.12. The van der Waals surface area contributed by atoms with E-state index >= 15 is 0 Å². The zero-order chi connectivity index (χ0) is 17.1. The van der Waals surface area contributed by atoms with Gasteiger partial charge in [0.05, 0.1) is 0 Å². The van der Waals surface area contributed by atoms with E-state index in [0.717, 1.165) is 11.4 Å². The smallest absolute Gasteiger partial charge is 0.0406 e. The highest BCUT2D eigenvalue weighted by Crippen LogP contribution is 2.35. The van der Waals surface area contributed by atoms with Crippen LogP contribution in [-0.4, -0.2) is 0 Å². The van der Waals surface area contributed by atoms with Gasteiger partial charge in [-0.1, -0.05) is 77.8 Å². The summed E-state index contributed by atoms with van der Waals surface area (Å²) in [7, 11) is 0. The predicted octanol–water partition coefficient (Wildman–Crippen LogP) is 7.52. The Balaban J connectivity index is 1.74. The average molecular weight is 347 g/mol. The summed E-state index contributed by atoms with van der Waals surface area (Å²) in [5, 5.41) is 3.42. The van der Waals surface area contributed by atoms with Crippen LogP contribution in [0.5, 0.6) is 0 Å². The molecule has 25 heavy (non-hydrogen) atoms. The highest BCUT2D eigenvalue weighted by atomic mass is 35.5. The Hall–Kier alpha value is -2.05. The van der Waals surface area contributed by atoms with Crippen molar-refractivity contribution in [2.45, 2.75) is 38.0 Å². The Morgan fingerprint density at radius 3 is 2.32 bits per heavy atom. The highest BCUT2D eigenvalue weighted by molar-refractivity contribution is 6.30. The number of benzene rings is 3. The van der Waals surface area contributed by atoms with Gasteiger partial charge in [0.1, 0.15) is 0 Å². The lowest BCUT2D eigenvalue weighted by Gasteiger charge is -2.22. The molecule has 0 heterocycles. The second-order valence-corrected chi connectivity index (χ2v) is 7.46. The average Bonchev–Trinajstić information content (AvgIpc) is 2.67. The van der Waals surface area contributed by atoms with Crippen LogP contribution in [0.1, 0.15) is 49.1 Å². The minimum absolute atomic E-state index is 0.395. The van der Waals surface area contributed by atoms with Gasteiger partial charge in [-0.25, -0.2) is 0 Å². The highest BCUT2D eigenvalue weighted by Gasteiger charge is 2.17. The van der Waals surface area contributed by atoms with E-state index in [1.807, 2.05) is 12.1 Å². The lowest BCUT2D eigenvalue weighted by molar-refractivity contribution is 0.653. The van der Waals surface area contributed by atoms with Crippen molar-refractivity contribution in [2.75, 3.05) is 0 Å². The van der Waals surface area contributed by atoms with E-state index < -0.39 is 0 Å². The first-order chi connectivity index (χ1) is 12.3. The SMILES string of the molecule is Clc1ccc(C(CC2=CCCCC2)c2ccc3ccccc3c2)cc1. The van der Waals surface area contributed by atoms with E-state index in [9.17, 15) is 0 Å². The van der Waals surface area contributed by atoms with Gasteiger partial charge >= 0.3 is 0 Å². The Morgan fingerprint density at radius 2 is 1.56 bits per heavy atom. The number of rotatable bonds is 4. The molecule has 0 radical (unpaired) electrons. The molecule has 1 aliphatic rings. The lowest BCUT2D eigenvalue weighted by Crippen LogP contribution is -2.05. The molecule has 1 unspecified atom stereocenters. The topological polar surface area (TPSA) is 0 Å². The van der Waals surface area contributed by atoms with Crippen molar-refractivity contribution in [2.24, 2.45) is 0 Å². The number of fused-ring (bicyclic) bond motifs is 1. The molecular weight excluding hydrogens is 324 g/mol. The van der Waals surface area contributed by atoms with Gasteiger partial charge in [0.2, 0.25) is 0 Å².